The average Bonchev–Trinajstić information content (AvgIpc) is 3.59. The minimum Gasteiger partial charge on any atom is -0.408 e. The lowest BCUT2D eigenvalue weighted by atomic mass is 9.75. The molecule has 8 rings (SSSR count). The molecule has 0 saturated heterocycles. The van der Waals surface area contributed by atoms with Crippen molar-refractivity contribution >= 4 is 49.6 Å². The Kier molecular flexibility index (Phi) is 13.8. The van der Waals surface area contributed by atoms with Crippen LogP contribution in [0.2, 0.25) is 0 Å². The van der Waals surface area contributed by atoms with E-state index in [9.17, 15) is 0 Å². The van der Waals surface area contributed by atoms with Gasteiger partial charge in [0.1, 0.15) is 22.7 Å². The standard InChI is InChI=1S/C66H86O6P2/c1-59(2,3)40-31-45(54(49(35-40)63(13,14)15)68-73-67-53-30-29-39-27-25-26-28-44(39)58(53)72-73)46-32-41(60(4,5)6)36-50(64(16,17)18)55(46)69-74-70-56-47(33-42(61(7,8)9)37-51(56)65(19,20)21)48-34-43(62(10,11)12)38-52(57(48)71-74)66(22,23)24/h25-38H,1-24H3. The molecule has 1 aliphatic rings. The van der Waals surface area contributed by atoms with Crippen LogP contribution in [0.5, 0.6) is 23.0 Å². The van der Waals surface area contributed by atoms with Gasteiger partial charge in [0.15, 0.2) is 11.5 Å². The summed E-state index contributed by atoms with van der Waals surface area (Å²) in [5.41, 5.74) is 10.5. The molecule has 0 N–H and O–H groups in total. The van der Waals surface area contributed by atoms with Crippen LogP contribution in [0.25, 0.3) is 43.8 Å². The van der Waals surface area contributed by atoms with E-state index < -0.39 is 22.3 Å². The third-order valence-corrected chi connectivity index (χ3v) is 16.5. The molecule has 1 unspecified atom stereocenters. The van der Waals surface area contributed by atoms with Gasteiger partial charge in [0.2, 0.25) is 0 Å². The van der Waals surface area contributed by atoms with Gasteiger partial charge in [-0.2, -0.15) is 0 Å². The van der Waals surface area contributed by atoms with Gasteiger partial charge in [-0.25, -0.2) is 0 Å². The molecule has 0 aliphatic carbocycles. The van der Waals surface area contributed by atoms with Crippen molar-refractivity contribution in [3.05, 3.63) is 129 Å². The van der Waals surface area contributed by atoms with Crippen molar-refractivity contribution in [2.45, 2.75) is 209 Å². The Morgan fingerprint density at radius 2 is 0.730 bits per heavy atom. The first-order valence-electron chi connectivity index (χ1n) is 26.7. The molecule has 1 atom stereocenters. The summed E-state index contributed by atoms with van der Waals surface area (Å²) in [6, 6.07) is 31.0. The molecule has 0 bridgehead atoms. The lowest BCUT2D eigenvalue weighted by molar-refractivity contribution is 0.425. The maximum atomic E-state index is 7.77. The number of hydrogen-bond acceptors (Lipinski definition) is 6. The van der Waals surface area contributed by atoms with Crippen LogP contribution in [0.4, 0.5) is 0 Å². The summed E-state index contributed by atoms with van der Waals surface area (Å²) in [6.07, 6.45) is 0. The third kappa shape index (κ3) is 11.0. The first kappa shape index (κ1) is 55.3. The molecule has 8 heteroatoms. The fourth-order valence-corrected chi connectivity index (χ4v) is 11.9. The fraction of sp³-hybridized carbons (Fsp3) is 0.485. The number of benzene rings is 6. The molecule has 74 heavy (non-hydrogen) atoms. The summed E-state index contributed by atoms with van der Waals surface area (Å²) in [6.45, 7) is 54.6. The van der Waals surface area contributed by atoms with Crippen molar-refractivity contribution in [2.75, 3.05) is 0 Å². The Bertz CT molecular complexity index is 3260. The smallest absolute Gasteiger partial charge is 0.408 e. The predicted molar refractivity (Wildman–Crippen MR) is 317 cm³/mol. The van der Waals surface area contributed by atoms with Gasteiger partial charge in [-0.3, -0.25) is 0 Å². The molecule has 7 aromatic rings. The van der Waals surface area contributed by atoms with Gasteiger partial charge in [0.05, 0.1) is 0 Å². The Balaban J connectivity index is 1.52. The Hall–Kier alpha value is -4.89. The highest BCUT2D eigenvalue weighted by molar-refractivity contribution is 7.43. The number of rotatable bonds is 5. The first-order valence-corrected chi connectivity index (χ1v) is 28.9. The molecule has 6 nitrogen and oxygen atoms in total. The lowest BCUT2D eigenvalue weighted by Crippen LogP contribution is -2.20. The van der Waals surface area contributed by atoms with Crippen molar-refractivity contribution < 1.29 is 26.5 Å². The zero-order valence-corrected chi connectivity index (χ0v) is 51.2. The molecular weight excluding hydrogens is 951 g/mol. The minimum atomic E-state index is -2.18. The highest BCUT2D eigenvalue weighted by Gasteiger charge is 2.38. The van der Waals surface area contributed by atoms with Gasteiger partial charge in [-0.05, 0) is 101 Å². The maximum absolute atomic E-state index is 7.77. The monoisotopic (exact) mass is 1040 g/mol. The summed E-state index contributed by atoms with van der Waals surface area (Å²) < 4.78 is 43.6. The van der Waals surface area contributed by atoms with Crippen molar-refractivity contribution in [1.82, 2.24) is 0 Å². The molecule has 0 amide bonds. The Morgan fingerprint density at radius 1 is 0.351 bits per heavy atom. The second-order valence-corrected chi connectivity index (χ2v) is 31.2. The number of hydrogen-bond donors (Lipinski definition) is 0. The summed E-state index contributed by atoms with van der Waals surface area (Å²) >= 11 is 0. The SMILES string of the molecule is CC(C)(C)c1cc(-c2cc(C(C)(C)C)cc(C(C)(C)C)c2Op2oc3c(C(C)(C)C)cc(C(C)(C)C)cc3c3cc(C(C)(C)C)cc(C(C)(C)C)c3o2)c(OP2Oc3ccc4ccccc4c3O2)c(C(C)(C)C)c1. The van der Waals surface area contributed by atoms with E-state index in [0.29, 0.717) is 23.0 Å². The number of fused-ring (bicyclic) bond motifs is 6. The van der Waals surface area contributed by atoms with Crippen molar-refractivity contribution in [2.24, 2.45) is 0 Å². The van der Waals surface area contributed by atoms with E-state index in [2.05, 4.69) is 233 Å². The van der Waals surface area contributed by atoms with Crippen LogP contribution >= 0.6 is 16.8 Å². The van der Waals surface area contributed by atoms with Gasteiger partial charge in [-0.15, -0.1) is 0 Å². The van der Waals surface area contributed by atoms with E-state index in [1.54, 1.807) is 0 Å². The van der Waals surface area contributed by atoms with E-state index in [4.69, 9.17) is 26.5 Å². The van der Waals surface area contributed by atoms with Crippen molar-refractivity contribution in [3.63, 3.8) is 0 Å². The van der Waals surface area contributed by atoms with E-state index in [0.717, 1.165) is 66.1 Å². The van der Waals surface area contributed by atoms with Crippen LogP contribution in [-0.4, -0.2) is 0 Å². The summed E-state index contributed by atoms with van der Waals surface area (Å²) in [5, 5.41) is 4.12. The van der Waals surface area contributed by atoms with Crippen LogP contribution in [0, 0.1) is 0 Å². The molecule has 2 heterocycles. The summed E-state index contributed by atoms with van der Waals surface area (Å²) in [4.78, 5) is 0. The van der Waals surface area contributed by atoms with E-state index in [1.807, 2.05) is 18.2 Å². The highest BCUT2D eigenvalue weighted by Crippen LogP contribution is 2.59. The van der Waals surface area contributed by atoms with Crippen LogP contribution in [0.15, 0.2) is 93.3 Å². The minimum absolute atomic E-state index is 0.136. The topological polar surface area (TPSA) is 63.2 Å². The van der Waals surface area contributed by atoms with E-state index >= 15 is 0 Å². The van der Waals surface area contributed by atoms with Gasteiger partial charge in [-0.1, -0.05) is 221 Å². The molecule has 1 aliphatic heterocycles. The maximum Gasteiger partial charge on any atom is 0.530 e. The Morgan fingerprint density at radius 3 is 1.14 bits per heavy atom. The Labute approximate surface area is 447 Å². The molecule has 1 aromatic heterocycles. The van der Waals surface area contributed by atoms with Gasteiger partial charge in [0.25, 0.3) is 0 Å². The summed E-state index contributed by atoms with van der Waals surface area (Å²) in [7, 11) is -4.09. The van der Waals surface area contributed by atoms with Gasteiger partial charge in [0, 0.05) is 49.5 Å². The molecular formula is C66H86O6P2. The molecule has 0 radical (unpaired) electrons. The second kappa shape index (κ2) is 18.4. The molecule has 0 spiro atoms. The first-order chi connectivity index (χ1) is 33.7. The molecule has 396 valence electrons. The van der Waals surface area contributed by atoms with Gasteiger partial charge < -0.3 is 26.5 Å². The quantitative estimate of drug-likeness (QED) is 0.160. The van der Waals surface area contributed by atoms with Crippen LogP contribution in [0.3, 0.4) is 0 Å². The van der Waals surface area contributed by atoms with Gasteiger partial charge >= 0.3 is 16.8 Å². The zero-order valence-electron chi connectivity index (χ0n) is 49.4. The van der Waals surface area contributed by atoms with E-state index in [-0.39, 0.29) is 37.9 Å². The van der Waals surface area contributed by atoms with Crippen LogP contribution < -0.4 is 18.1 Å². The van der Waals surface area contributed by atoms with Crippen molar-refractivity contribution in [3.8, 4) is 34.1 Å². The lowest BCUT2D eigenvalue weighted by Gasteiger charge is -2.32. The summed E-state index contributed by atoms with van der Waals surface area (Å²) in [5.74, 6) is 2.77. The molecule has 0 fully saturated rings. The predicted octanol–water partition coefficient (Wildman–Crippen LogP) is 21.4. The highest BCUT2D eigenvalue weighted by atomic mass is 31.2. The fourth-order valence-electron chi connectivity index (χ4n) is 9.62. The second-order valence-electron chi connectivity index (χ2n) is 29.2. The molecule has 0 saturated carbocycles. The van der Waals surface area contributed by atoms with Crippen LogP contribution in [0.1, 0.15) is 211 Å². The third-order valence-electron chi connectivity index (χ3n) is 14.5. The largest absolute Gasteiger partial charge is 0.530 e. The van der Waals surface area contributed by atoms with E-state index in [1.165, 1.54) is 22.3 Å². The normalized spacial score (nSPS) is 15.1. The molecule has 6 aromatic carbocycles. The zero-order chi connectivity index (χ0) is 54.8. The van der Waals surface area contributed by atoms with Crippen LogP contribution in [-0.2, 0) is 43.3 Å². The van der Waals surface area contributed by atoms with Crippen molar-refractivity contribution in [1.29, 1.82) is 0 Å². The average molecular weight is 1040 g/mol.